The van der Waals surface area contributed by atoms with Crippen molar-refractivity contribution in [2.75, 3.05) is 6.54 Å². The Morgan fingerprint density at radius 2 is 1.95 bits per heavy atom. The topological polar surface area (TPSA) is 72.2 Å². The zero-order valence-corrected chi connectivity index (χ0v) is 12.8. The first-order chi connectivity index (χ1) is 8.88. The van der Waals surface area contributed by atoms with Gasteiger partial charge in [0, 0.05) is 6.54 Å². The van der Waals surface area contributed by atoms with Crippen LogP contribution >= 0.6 is 12.2 Å². The Kier molecular flexibility index (Phi) is 5.90. The SMILES string of the molecule is CCC(C(N)=S)S(=O)(=O)NCC(C)c1ccccc1. The van der Waals surface area contributed by atoms with E-state index in [1.165, 1.54) is 0 Å². The highest BCUT2D eigenvalue weighted by molar-refractivity contribution is 7.93. The van der Waals surface area contributed by atoms with Crippen molar-refractivity contribution in [1.29, 1.82) is 0 Å². The summed E-state index contributed by atoms with van der Waals surface area (Å²) in [5, 5.41) is -0.800. The van der Waals surface area contributed by atoms with Crippen LogP contribution in [-0.4, -0.2) is 25.2 Å². The van der Waals surface area contributed by atoms with Gasteiger partial charge >= 0.3 is 0 Å². The van der Waals surface area contributed by atoms with Crippen LogP contribution in [0.4, 0.5) is 0 Å². The van der Waals surface area contributed by atoms with Gasteiger partial charge in [-0.3, -0.25) is 0 Å². The van der Waals surface area contributed by atoms with Crippen LogP contribution in [0.25, 0.3) is 0 Å². The van der Waals surface area contributed by atoms with E-state index in [9.17, 15) is 8.42 Å². The van der Waals surface area contributed by atoms with Crippen molar-refractivity contribution < 1.29 is 8.42 Å². The second kappa shape index (κ2) is 6.98. The van der Waals surface area contributed by atoms with Crippen molar-refractivity contribution in [3.05, 3.63) is 35.9 Å². The number of hydrogen-bond donors (Lipinski definition) is 2. The van der Waals surface area contributed by atoms with Crippen LogP contribution in [0.2, 0.25) is 0 Å². The Labute approximate surface area is 120 Å². The van der Waals surface area contributed by atoms with Crippen LogP contribution in [0, 0.1) is 0 Å². The summed E-state index contributed by atoms with van der Waals surface area (Å²) in [6, 6.07) is 9.75. The zero-order valence-electron chi connectivity index (χ0n) is 11.2. The number of rotatable bonds is 7. The minimum absolute atomic E-state index is 0.0161. The molecule has 0 amide bonds. The number of benzene rings is 1. The highest BCUT2D eigenvalue weighted by Crippen LogP contribution is 2.14. The first kappa shape index (κ1) is 16.1. The molecule has 4 nitrogen and oxygen atoms in total. The lowest BCUT2D eigenvalue weighted by atomic mass is 10.0. The van der Waals surface area contributed by atoms with Gasteiger partial charge in [-0.1, -0.05) is 56.4 Å². The second-order valence-electron chi connectivity index (χ2n) is 4.50. The summed E-state index contributed by atoms with van der Waals surface area (Å²) in [6.45, 7) is 4.06. The zero-order chi connectivity index (χ0) is 14.5. The van der Waals surface area contributed by atoms with Gasteiger partial charge in [0.2, 0.25) is 10.0 Å². The summed E-state index contributed by atoms with van der Waals surface area (Å²) < 4.78 is 26.7. The minimum Gasteiger partial charge on any atom is -0.392 e. The van der Waals surface area contributed by atoms with E-state index in [4.69, 9.17) is 18.0 Å². The third-order valence-electron chi connectivity index (χ3n) is 3.02. The molecule has 0 heterocycles. The molecule has 19 heavy (non-hydrogen) atoms. The smallest absolute Gasteiger partial charge is 0.221 e. The van der Waals surface area contributed by atoms with E-state index in [2.05, 4.69) is 4.72 Å². The molecule has 0 bridgehead atoms. The fraction of sp³-hybridized carbons (Fsp3) is 0.462. The van der Waals surface area contributed by atoms with Gasteiger partial charge in [0.25, 0.3) is 0 Å². The Morgan fingerprint density at radius 3 is 2.42 bits per heavy atom. The van der Waals surface area contributed by atoms with Crippen LogP contribution in [0.1, 0.15) is 31.7 Å². The molecule has 0 fully saturated rings. The lowest BCUT2D eigenvalue weighted by molar-refractivity contribution is 0.568. The Balaban J connectivity index is 2.68. The number of nitrogens with one attached hydrogen (secondary N) is 1. The first-order valence-corrected chi connectivity index (χ1v) is 8.16. The van der Waals surface area contributed by atoms with Gasteiger partial charge in [-0.25, -0.2) is 13.1 Å². The van der Waals surface area contributed by atoms with E-state index in [0.29, 0.717) is 13.0 Å². The van der Waals surface area contributed by atoms with E-state index in [1.54, 1.807) is 6.92 Å². The predicted molar refractivity (Wildman–Crippen MR) is 82.6 cm³/mol. The molecule has 2 unspecified atom stereocenters. The van der Waals surface area contributed by atoms with Crippen LogP contribution in [0.3, 0.4) is 0 Å². The molecule has 0 aliphatic heterocycles. The Bertz CT molecular complexity index is 515. The van der Waals surface area contributed by atoms with Crippen LogP contribution in [0.15, 0.2) is 30.3 Å². The molecule has 1 rings (SSSR count). The lowest BCUT2D eigenvalue weighted by Gasteiger charge is -2.18. The summed E-state index contributed by atoms with van der Waals surface area (Å²) in [5.74, 6) is 0.0971. The highest BCUT2D eigenvalue weighted by atomic mass is 32.2. The minimum atomic E-state index is -3.49. The van der Waals surface area contributed by atoms with Gasteiger partial charge in [-0.15, -0.1) is 0 Å². The molecule has 1 aromatic carbocycles. The van der Waals surface area contributed by atoms with Crippen LogP contribution in [-0.2, 0) is 10.0 Å². The van der Waals surface area contributed by atoms with E-state index in [1.807, 2.05) is 37.3 Å². The molecular weight excluding hydrogens is 280 g/mol. The van der Waals surface area contributed by atoms with Crippen LogP contribution < -0.4 is 10.5 Å². The monoisotopic (exact) mass is 300 g/mol. The largest absolute Gasteiger partial charge is 0.392 e. The number of hydrogen-bond acceptors (Lipinski definition) is 3. The molecule has 0 aromatic heterocycles. The fourth-order valence-electron chi connectivity index (χ4n) is 1.81. The molecular formula is C13H20N2O2S2. The molecule has 3 N–H and O–H groups in total. The molecule has 2 atom stereocenters. The predicted octanol–water partition coefficient (Wildman–Crippen LogP) is 1.77. The van der Waals surface area contributed by atoms with Crippen molar-refractivity contribution in [3.63, 3.8) is 0 Å². The molecule has 0 saturated carbocycles. The van der Waals surface area contributed by atoms with E-state index in [-0.39, 0.29) is 10.9 Å². The third-order valence-corrected chi connectivity index (χ3v) is 5.36. The maximum atomic E-state index is 12.1. The van der Waals surface area contributed by atoms with Gasteiger partial charge < -0.3 is 5.73 Å². The summed E-state index contributed by atoms with van der Waals surface area (Å²) in [5.41, 5.74) is 6.55. The molecule has 0 aliphatic carbocycles. The average Bonchev–Trinajstić information content (AvgIpc) is 2.37. The highest BCUT2D eigenvalue weighted by Gasteiger charge is 2.26. The number of sulfonamides is 1. The van der Waals surface area contributed by atoms with Crippen LogP contribution in [0.5, 0.6) is 0 Å². The maximum Gasteiger partial charge on any atom is 0.221 e. The normalized spacial score (nSPS) is 14.8. The fourth-order valence-corrected chi connectivity index (χ4v) is 3.79. The van der Waals surface area contributed by atoms with Gasteiger partial charge in [0.15, 0.2) is 0 Å². The molecule has 0 saturated heterocycles. The lowest BCUT2D eigenvalue weighted by Crippen LogP contribution is -2.42. The Hall–Kier alpha value is -0.980. The van der Waals surface area contributed by atoms with Gasteiger partial charge in [-0.2, -0.15) is 0 Å². The van der Waals surface area contributed by atoms with E-state index in [0.717, 1.165) is 5.56 Å². The summed E-state index contributed by atoms with van der Waals surface area (Å²) >= 11 is 4.80. The van der Waals surface area contributed by atoms with Crippen molar-refractivity contribution >= 4 is 27.2 Å². The molecule has 0 aliphatic rings. The van der Waals surface area contributed by atoms with Gasteiger partial charge in [-0.05, 0) is 17.9 Å². The van der Waals surface area contributed by atoms with Crippen molar-refractivity contribution in [2.24, 2.45) is 5.73 Å². The average molecular weight is 300 g/mol. The van der Waals surface area contributed by atoms with Crippen molar-refractivity contribution in [3.8, 4) is 0 Å². The van der Waals surface area contributed by atoms with Crippen molar-refractivity contribution in [1.82, 2.24) is 4.72 Å². The number of nitrogens with two attached hydrogens (primary N) is 1. The summed E-state index contributed by atoms with van der Waals surface area (Å²) in [7, 11) is -3.49. The standard InChI is InChI=1S/C13H20N2O2S2/c1-3-12(13(14)18)19(16,17)15-9-10(2)11-7-5-4-6-8-11/h4-8,10,12,15H,3,9H2,1-2H3,(H2,14,18). The summed E-state index contributed by atoms with van der Waals surface area (Å²) in [4.78, 5) is 0.0161. The van der Waals surface area contributed by atoms with Crippen molar-refractivity contribution in [2.45, 2.75) is 31.4 Å². The number of thiocarbonyl (C=S) groups is 1. The first-order valence-electron chi connectivity index (χ1n) is 6.21. The van der Waals surface area contributed by atoms with Gasteiger partial charge in [0.05, 0.1) is 4.99 Å². The van der Waals surface area contributed by atoms with Gasteiger partial charge in [0.1, 0.15) is 5.25 Å². The third kappa shape index (κ3) is 4.56. The van der Waals surface area contributed by atoms with E-state index >= 15 is 0 Å². The molecule has 106 valence electrons. The Morgan fingerprint density at radius 1 is 1.37 bits per heavy atom. The van der Waals surface area contributed by atoms with E-state index < -0.39 is 15.3 Å². The quantitative estimate of drug-likeness (QED) is 0.753. The molecule has 0 spiro atoms. The molecule has 1 aromatic rings. The maximum absolute atomic E-state index is 12.1. The molecule has 6 heteroatoms. The molecule has 0 radical (unpaired) electrons. The summed E-state index contributed by atoms with van der Waals surface area (Å²) in [6.07, 6.45) is 0.379. The second-order valence-corrected chi connectivity index (χ2v) is 6.92.